The SMILES string of the molecule is CC[C@H](C)c1ccccc1N1C[C@@H](C(=O)NCc2ccncc2)CC1=O. The summed E-state index contributed by atoms with van der Waals surface area (Å²) in [6, 6.07) is 11.8. The third-order valence-corrected chi connectivity index (χ3v) is 5.08. The quantitative estimate of drug-likeness (QED) is 0.869. The minimum atomic E-state index is -0.311. The molecule has 0 unspecified atom stereocenters. The van der Waals surface area contributed by atoms with E-state index in [4.69, 9.17) is 0 Å². The number of amides is 2. The molecule has 2 amide bonds. The third kappa shape index (κ3) is 3.93. The van der Waals surface area contributed by atoms with Crippen LogP contribution in [0.25, 0.3) is 0 Å². The van der Waals surface area contributed by atoms with Gasteiger partial charge in [0.05, 0.1) is 5.92 Å². The number of rotatable bonds is 6. The Bertz CT molecular complexity index is 776. The van der Waals surface area contributed by atoms with Crippen LogP contribution in [0.15, 0.2) is 48.8 Å². The Labute approximate surface area is 154 Å². The average Bonchev–Trinajstić information content (AvgIpc) is 3.08. The maximum Gasteiger partial charge on any atom is 0.227 e. The molecule has 136 valence electrons. The van der Waals surface area contributed by atoms with E-state index in [2.05, 4.69) is 30.2 Å². The Balaban J connectivity index is 1.68. The van der Waals surface area contributed by atoms with Crippen LogP contribution in [0.2, 0.25) is 0 Å². The van der Waals surface area contributed by atoms with Crippen molar-refractivity contribution < 1.29 is 9.59 Å². The van der Waals surface area contributed by atoms with E-state index in [-0.39, 0.29) is 24.2 Å². The number of benzene rings is 1. The molecule has 1 aliphatic rings. The second kappa shape index (κ2) is 8.13. The Hall–Kier alpha value is -2.69. The fourth-order valence-corrected chi connectivity index (χ4v) is 3.32. The molecular formula is C21H25N3O2. The Morgan fingerprint density at radius 3 is 2.73 bits per heavy atom. The molecule has 1 aromatic carbocycles. The summed E-state index contributed by atoms with van der Waals surface area (Å²) in [5.74, 6) is 0.0105. The molecule has 1 saturated heterocycles. The molecule has 2 heterocycles. The van der Waals surface area contributed by atoms with Crippen LogP contribution in [0.3, 0.4) is 0 Å². The summed E-state index contributed by atoms with van der Waals surface area (Å²) in [4.78, 5) is 30.8. The molecule has 3 rings (SSSR count). The van der Waals surface area contributed by atoms with Crippen molar-refractivity contribution >= 4 is 17.5 Å². The van der Waals surface area contributed by atoms with Crippen molar-refractivity contribution in [2.75, 3.05) is 11.4 Å². The van der Waals surface area contributed by atoms with Crippen LogP contribution in [0.1, 0.15) is 43.7 Å². The van der Waals surface area contributed by atoms with Crippen molar-refractivity contribution in [3.63, 3.8) is 0 Å². The zero-order valence-electron chi connectivity index (χ0n) is 15.3. The average molecular weight is 351 g/mol. The second-order valence-corrected chi connectivity index (χ2v) is 6.85. The maximum absolute atomic E-state index is 12.6. The van der Waals surface area contributed by atoms with E-state index in [1.165, 1.54) is 5.56 Å². The minimum absolute atomic E-state index is 0.0183. The fourth-order valence-electron chi connectivity index (χ4n) is 3.32. The van der Waals surface area contributed by atoms with Gasteiger partial charge in [0.15, 0.2) is 0 Å². The number of nitrogens with zero attached hydrogens (tertiary/aromatic N) is 2. The van der Waals surface area contributed by atoms with Gasteiger partial charge >= 0.3 is 0 Å². The first-order valence-electron chi connectivity index (χ1n) is 9.16. The highest BCUT2D eigenvalue weighted by molar-refractivity contribution is 6.00. The molecule has 0 bridgehead atoms. The van der Waals surface area contributed by atoms with Gasteiger partial charge in [-0.1, -0.05) is 32.0 Å². The topological polar surface area (TPSA) is 62.3 Å². The van der Waals surface area contributed by atoms with Crippen molar-refractivity contribution in [2.24, 2.45) is 5.92 Å². The lowest BCUT2D eigenvalue weighted by atomic mass is 9.96. The highest BCUT2D eigenvalue weighted by Crippen LogP contribution is 2.33. The molecule has 0 radical (unpaired) electrons. The van der Waals surface area contributed by atoms with Gasteiger partial charge in [0, 0.05) is 37.6 Å². The van der Waals surface area contributed by atoms with Crippen molar-refractivity contribution in [1.29, 1.82) is 0 Å². The predicted octanol–water partition coefficient (Wildman–Crippen LogP) is 3.26. The Morgan fingerprint density at radius 2 is 2.00 bits per heavy atom. The summed E-state index contributed by atoms with van der Waals surface area (Å²) < 4.78 is 0. The molecule has 1 aliphatic heterocycles. The second-order valence-electron chi connectivity index (χ2n) is 6.85. The van der Waals surface area contributed by atoms with Crippen LogP contribution >= 0.6 is 0 Å². The molecule has 0 spiro atoms. The van der Waals surface area contributed by atoms with E-state index in [1.54, 1.807) is 17.3 Å². The monoisotopic (exact) mass is 351 g/mol. The Kier molecular flexibility index (Phi) is 5.66. The van der Waals surface area contributed by atoms with Crippen LogP contribution in [-0.2, 0) is 16.1 Å². The van der Waals surface area contributed by atoms with Crippen LogP contribution in [-0.4, -0.2) is 23.3 Å². The van der Waals surface area contributed by atoms with Crippen molar-refractivity contribution in [3.8, 4) is 0 Å². The lowest BCUT2D eigenvalue weighted by molar-refractivity contribution is -0.126. The predicted molar refractivity (Wildman–Crippen MR) is 102 cm³/mol. The highest BCUT2D eigenvalue weighted by Gasteiger charge is 2.36. The van der Waals surface area contributed by atoms with Gasteiger partial charge in [0.25, 0.3) is 0 Å². The number of aromatic nitrogens is 1. The fraction of sp³-hybridized carbons (Fsp3) is 0.381. The van der Waals surface area contributed by atoms with E-state index in [1.807, 2.05) is 30.3 Å². The molecule has 1 aromatic heterocycles. The number of hydrogen-bond acceptors (Lipinski definition) is 3. The van der Waals surface area contributed by atoms with Gasteiger partial charge in [-0.3, -0.25) is 14.6 Å². The minimum Gasteiger partial charge on any atom is -0.352 e. The third-order valence-electron chi connectivity index (χ3n) is 5.08. The van der Waals surface area contributed by atoms with Crippen molar-refractivity contribution in [2.45, 2.75) is 39.2 Å². The molecule has 0 aliphatic carbocycles. The van der Waals surface area contributed by atoms with E-state index in [9.17, 15) is 9.59 Å². The molecular weight excluding hydrogens is 326 g/mol. The van der Waals surface area contributed by atoms with E-state index in [0.717, 1.165) is 17.7 Å². The van der Waals surface area contributed by atoms with Crippen molar-refractivity contribution in [1.82, 2.24) is 10.3 Å². The smallest absolute Gasteiger partial charge is 0.227 e. The Morgan fingerprint density at radius 1 is 1.27 bits per heavy atom. The summed E-state index contributed by atoms with van der Waals surface area (Å²) in [7, 11) is 0. The summed E-state index contributed by atoms with van der Waals surface area (Å²) in [6.45, 7) is 5.20. The number of para-hydroxylation sites is 1. The molecule has 26 heavy (non-hydrogen) atoms. The molecule has 0 saturated carbocycles. The molecule has 2 atom stereocenters. The van der Waals surface area contributed by atoms with Gasteiger partial charge in [-0.25, -0.2) is 0 Å². The summed E-state index contributed by atoms with van der Waals surface area (Å²) in [6.07, 6.45) is 4.67. The number of hydrogen-bond donors (Lipinski definition) is 1. The summed E-state index contributed by atoms with van der Waals surface area (Å²) in [5.41, 5.74) is 3.11. The largest absolute Gasteiger partial charge is 0.352 e. The number of carbonyl (C=O) groups is 2. The van der Waals surface area contributed by atoms with Gasteiger partial charge in [-0.2, -0.15) is 0 Å². The van der Waals surface area contributed by atoms with Crippen LogP contribution < -0.4 is 10.2 Å². The molecule has 2 aromatic rings. The normalized spacial score (nSPS) is 18.0. The molecule has 5 nitrogen and oxygen atoms in total. The van der Waals surface area contributed by atoms with Crippen molar-refractivity contribution in [3.05, 3.63) is 59.9 Å². The van der Waals surface area contributed by atoms with E-state index >= 15 is 0 Å². The standard InChI is InChI=1S/C21H25N3O2/c1-3-15(2)18-6-4-5-7-19(18)24-14-17(12-20(24)25)21(26)23-13-16-8-10-22-11-9-16/h4-11,15,17H,3,12-14H2,1-2H3,(H,23,26)/t15-,17-/m0/s1. The number of anilines is 1. The van der Waals surface area contributed by atoms with Gasteiger partial charge in [0.1, 0.15) is 0 Å². The van der Waals surface area contributed by atoms with Gasteiger partial charge in [-0.05, 0) is 41.7 Å². The van der Waals surface area contributed by atoms with Gasteiger partial charge in [0.2, 0.25) is 11.8 Å². The first-order chi connectivity index (χ1) is 12.6. The van der Waals surface area contributed by atoms with Gasteiger partial charge in [-0.15, -0.1) is 0 Å². The highest BCUT2D eigenvalue weighted by atomic mass is 16.2. The maximum atomic E-state index is 12.6. The van der Waals surface area contributed by atoms with Crippen LogP contribution in [0.4, 0.5) is 5.69 Å². The number of nitrogens with one attached hydrogen (secondary N) is 1. The lowest BCUT2D eigenvalue weighted by Crippen LogP contribution is -2.32. The molecule has 1 fully saturated rings. The number of pyridine rings is 1. The molecule has 5 heteroatoms. The zero-order valence-corrected chi connectivity index (χ0v) is 15.3. The first-order valence-corrected chi connectivity index (χ1v) is 9.16. The van der Waals surface area contributed by atoms with Crippen LogP contribution in [0, 0.1) is 5.92 Å². The van der Waals surface area contributed by atoms with Crippen LogP contribution in [0.5, 0.6) is 0 Å². The molecule has 1 N–H and O–H groups in total. The van der Waals surface area contributed by atoms with E-state index < -0.39 is 0 Å². The first kappa shape index (κ1) is 18.1. The van der Waals surface area contributed by atoms with E-state index in [0.29, 0.717) is 19.0 Å². The van der Waals surface area contributed by atoms with Gasteiger partial charge < -0.3 is 10.2 Å². The lowest BCUT2D eigenvalue weighted by Gasteiger charge is -2.23. The summed E-state index contributed by atoms with van der Waals surface area (Å²) >= 11 is 0. The summed E-state index contributed by atoms with van der Waals surface area (Å²) in [5, 5.41) is 2.94. The number of carbonyl (C=O) groups excluding carboxylic acids is 2. The zero-order chi connectivity index (χ0) is 18.5.